The fourth-order valence-corrected chi connectivity index (χ4v) is 1.61. The molecular weight excluding hydrogens is 230 g/mol. The van der Waals surface area contributed by atoms with Crippen molar-refractivity contribution in [2.24, 2.45) is 0 Å². The van der Waals surface area contributed by atoms with Gasteiger partial charge in [0, 0.05) is 0 Å². The van der Waals surface area contributed by atoms with Crippen LogP contribution in [-0.4, -0.2) is 15.7 Å². The van der Waals surface area contributed by atoms with Crippen LogP contribution in [0.2, 0.25) is 0 Å². The highest BCUT2D eigenvalue weighted by Crippen LogP contribution is 2.12. The van der Waals surface area contributed by atoms with Gasteiger partial charge in [0.2, 0.25) is 0 Å². The van der Waals surface area contributed by atoms with Crippen LogP contribution < -0.4 is 5.73 Å². The Labute approximate surface area is 105 Å². The predicted molar refractivity (Wildman–Crippen MR) is 66.6 cm³/mol. The van der Waals surface area contributed by atoms with Crippen LogP contribution in [0, 0.1) is 0 Å². The molecule has 0 unspecified atom stereocenters. The van der Waals surface area contributed by atoms with Crippen molar-refractivity contribution in [3.8, 4) is 0 Å². The lowest BCUT2D eigenvalue weighted by Gasteiger charge is -2.05. The molecule has 1 heterocycles. The average molecular weight is 245 g/mol. The number of hydrogen-bond acceptors (Lipinski definition) is 4. The van der Waals surface area contributed by atoms with E-state index in [0.29, 0.717) is 0 Å². The largest absolute Gasteiger partial charge is 0.384 e. The number of imidazole rings is 1. The first kappa shape index (κ1) is 13.7. The number of aryl methyl sites for hydroxylation is 1. The van der Waals surface area contributed by atoms with Gasteiger partial charge in [0.15, 0.2) is 0 Å². The van der Waals surface area contributed by atoms with Crippen molar-refractivity contribution in [1.82, 2.24) is 9.55 Å². The van der Waals surface area contributed by atoms with Crippen molar-refractivity contribution in [3.63, 3.8) is 0 Å². The molecule has 0 bridgehead atoms. The molecule has 0 fully saturated rings. The maximum Gasteiger partial charge on any atom is 0.373 e. The number of nitrogen functional groups attached to an aromatic ring is 1. The summed E-state index contributed by atoms with van der Waals surface area (Å²) in [5, 5.41) is 0. The second-order valence-electron chi connectivity index (χ2n) is 3.63. The van der Waals surface area contributed by atoms with Crippen LogP contribution in [0.15, 0.2) is 36.7 Å². The summed E-state index contributed by atoms with van der Waals surface area (Å²) >= 11 is 0. The van der Waals surface area contributed by atoms with E-state index in [9.17, 15) is 0 Å². The van der Waals surface area contributed by atoms with Gasteiger partial charge in [-0.3, -0.25) is 0 Å². The zero-order valence-electron chi connectivity index (χ0n) is 10.2. The van der Waals surface area contributed by atoms with Gasteiger partial charge < -0.3 is 10.3 Å². The van der Waals surface area contributed by atoms with Crippen molar-refractivity contribution in [1.29, 1.82) is 0 Å². The Hall–Kier alpha value is -2.39. The normalized spacial score (nSPS) is 9.17. The quantitative estimate of drug-likeness (QED) is 0.888. The van der Waals surface area contributed by atoms with Crippen molar-refractivity contribution < 1.29 is 9.59 Å². The first-order valence-corrected chi connectivity index (χ1v) is 5.55. The second-order valence-corrected chi connectivity index (χ2v) is 3.63. The van der Waals surface area contributed by atoms with E-state index in [2.05, 4.69) is 24.0 Å². The summed E-state index contributed by atoms with van der Waals surface area (Å²) in [6, 6.07) is 10.3. The van der Waals surface area contributed by atoms with Crippen LogP contribution in [0.4, 0.5) is 5.82 Å². The van der Waals surface area contributed by atoms with E-state index in [4.69, 9.17) is 15.3 Å². The zero-order chi connectivity index (χ0) is 13.4. The van der Waals surface area contributed by atoms with Crippen LogP contribution in [0.5, 0.6) is 0 Å². The third-order valence-electron chi connectivity index (χ3n) is 2.49. The third-order valence-corrected chi connectivity index (χ3v) is 2.49. The molecule has 0 aliphatic rings. The van der Waals surface area contributed by atoms with E-state index in [1.54, 1.807) is 6.33 Å². The van der Waals surface area contributed by atoms with Crippen LogP contribution in [0.1, 0.15) is 18.2 Å². The van der Waals surface area contributed by atoms with Gasteiger partial charge in [-0.25, -0.2) is 4.98 Å². The molecule has 5 nitrogen and oxygen atoms in total. The summed E-state index contributed by atoms with van der Waals surface area (Å²) < 4.78 is 1.98. The first-order valence-electron chi connectivity index (χ1n) is 5.55. The second kappa shape index (κ2) is 7.04. The molecule has 1 aromatic carbocycles. The maximum absolute atomic E-state index is 8.12. The topological polar surface area (TPSA) is 78.0 Å². The molecule has 2 N–H and O–H groups in total. The number of benzene rings is 1. The highest BCUT2D eigenvalue weighted by molar-refractivity contribution is 5.36. The van der Waals surface area contributed by atoms with Gasteiger partial charge in [0.05, 0.1) is 18.6 Å². The molecule has 0 radical (unpaired) electrons. The summed E-state index contributed by atoms with van der Waals surface area (Å²) in [7, 11) is 0. The molecule has 0 aliphatic heterocycles. The molecule has 1 aromatic heterocycles. The zero-order valence-corrected chi connectivity index (χ0v) is 10.2. The fraction of sp³-hybridized carbons (Fsp3) is 0.231. The first-order chi connectivity index (χ1) is 8.72. The van der Waals surface area contributed by atoms with Gasteiger partial charge in [-0.1, -0.05) is 37.3 Å². The third kappa shape index (κ3) is 3.57. The van der Waals surface area contributed by atoms with Gasteiger partial charge in [0.25, 0.3) is 0 Å². The molecule has 2 rings (SSSR count). The summed E-state index contributed by atoms with van der Waals surface area (Å²) in [4.78, 5) is 20.5. The lowest BCUT2D eigenvalue weighted by atomic mass is 10.2. The van der Waals surface area contributed by atoms with Gasteiger partial charge >= 0.3 is 6.15 Å². The highest BCUT2D eigenvalue weighted by Gasteiger charge is 2.05. The molecule has 0 saturated heterocycles. The van der Waals surface area contributed by atoms with Crippen molar-refractivity contribution in [2.45, 2.75) is 19.9 Å². The molecule has 2 aromatic rings. The fourth-order valence-electron chi connectivity index (χ4n) is 1.61. The lowest BCUT2D eigenvalue weighted by molar-refractivity contribution is -0.191. The Bertz CT molecular complexity index is 514. The number of anilines is 1. The van der Waals surface area contributed by atoms with Crippen LogP contribution >= 0.6 is 0 Å². The van der Waals surface area contributed by atoms with Gasteiger partial charge in [-0.2, -0.15) is 9.59 Å². The predicted octanol–water partition coefficient (Wildman–Crippen LogP) is 1.49. The minimum Gasteiger partial charge on any atom is -0.384 e. The van der Waals surface area contributed by atoms with Crippen LogP contribution in [0.25, 0.3) is 0 Å². The van der Waals surface area contributed by atoms with Crippen LogP contribution in [0.3, 0.4) is 0 Å². The monoisotopic (exact) mass is 245 g/mol. The molecule has 5 heteroatoms. The van der Waals surface area contributed by atoms with Gasteiger partial charge in [-0.05, 0) is 12.0 Å². The minimum atomic E-state index is 0.250. The van der Waals surface area contributed by atoms with Gasteiger partial charge in [-0.15, -0.1) is 0 Å². The van der Waals surface area contributed by atoms with E-state index in [0.717, 1.165) is 24.5 Å². The van der Waals surface area contributed by atoms with Crippen molar-refractivity contribution >= 4 is 12.0 Å². The summed E-state index contributed by atoms with van der Waals surface area (Å²) in [6.45, 7) is 2.85. The van der Waals surface area contributed by atoms with E-state index in [1.165, 1.54) is 5.56 Å². The molecule has 0 aliphatic carbocycles. The smallest absolute Gasteiger partial charge is 0.373 e. The van der Waals surface area contributed by atoms with Crippen molar-refractivity contribution in [2.75, 3.05) is 5.73 Å². The molecule has 18 heavy (non-hydrogen) atoms. The SMILES string of the molecule is CCc1ncn(Cc2ccccc2)c1N.O=C=O. The summed E-state index contributed by atoms with van der Waals surface area (Å²) in [6.07, 6.45) is 2.94. The molecule has 0 atom stereocenters. The number of carbonyl (C=O) groups excluding carboxylic acids is 2. The average Bonchev–Trinajstić information content (AvgIpc) is 2.73. The minimum absolute atomic E-state index is 0.250. The Morgan fingerprint density at radius 2 is 1.89 bits per heavy atom. The highest BCUT2D eigenvalue weighted by atomic mass is 16.2. The number of rotatable bonds is 3. The number of nitrogens with two attached hydrogens (primary N) is 1. The summed E-state index contributed by atoms with van der Waals surface area (Å²) in [5.41, 5.74) is 8.18. The van der Waals surface area contributed by atoms with Gasteiger partial charge in [0.1, 0.15) is 5.82 Å². The standard InChI is InChI=1S/C12H15N3.CO2/c1-2-11-12(13)15(9-14-11)8-10-6-4-3-5-7-10;2-1-3/h3-7,9H,2,8,13H2,1H3;. The van der Waals surface area contributed by atoms with Crippen molar-refractivity contribution in [3.05, 3.63) is 47.9 Å². The summed E-state index contributed by atoms with van der Waals surface area (Å²) in [5.74, 6) is 0.779. The Balaban J connectivity index is 0.000000492. The van der Waals surface area contributed by atoms with E-state index >= 15 is 0 Å². The van der Waals surface area contributed by atoms with E-state index in [1.807, 2.05) is 22.8 Å². The lowest BCUT2D eigenvalue weighted by Crippen LogP contribution is -2.03. The van der Waals surface area contributed by atoms with E-state index < -0.39 is 0 Å². The molecule has 94 valence electrons. The maximum atomic E-state index is 8.12. The molecule has 0 saturated carbocycles. The molecule has 0 spiro atoms. The number of nitrogens with zero attached hydrogens (tertiary/aromatic N) is 2. The molecular formula is C13H15N3O2. The van der Waals surface area contributed by atoms with E-state index in [-0.39, 0.29) is 6.15 Å². The van der Waals surface area contributed by atoms with Crippen LogP contribution in [-0.2, 0) is 22.6 Å². The Morgan fingerprint density at radius 3 is 2.39 bits per heavy atom. The Morgan fingerprint density at radius 1 is 1.28 bits per heavy atom. The number of aromatic nitrogens is 2. The molecule has 0 amide bonds. The number of hydrogen-bond donors (Lipinski definition) is 1. The Kier molecular flexibility index (Phi) is 5.35.